The predicted molar refractivity (Wildman–Crippen MR) is 75.5 cm³/mol. The maximum absolute atomic E-state index is 2.54. The molecule has 0 aromatic heterocycles. The van der Waals surface area contributed by atoms with Crippen molar-refractivity contribution in [2.75, 3.05) is 0 Å². The van der Waals surface area contributed by atoms with E-state index in [9.17, 15) is 0 Å². The molecule has 0 aromatic carbocycles. The van der Waals surface area contributed by atoms with Crippen LogP contribution in [-0.2, 0) is 0 Å². The Labute approximate surface area is 99.5 Å². The average molecular weight is 228 g/mol. The molecule has 0 saturated heterocycles. The summed E-state index contributed by atoms with van der Waals surface area (Å²) in [5, 5.41) is 0.707. The summed E-state index contributed by atoms with van der Waals surface area (Å²) in [6.07, 6.45) is 8.56. The molecule has 0 amide bonds. The van der Waals surface area contributed by atoms with Crippen molar-refractivity contribution in [1.82, 2.24) is 0 Å². The van der Waals surface area contributed by atoms with E-state index in [0.717, 1.165) is 0 Å². The van der Waals surface area contributed by atoms with Crippen LogP contribution in [0.2, 0.25) is 17.1 Å². The Balaban J connectivity index is 4.17. The predicted octanol–water partition coefficient (Wildman–Crippen LogP) is 5.39. The van der Waals surface area contributed by atoms with Crippen LogP contribution in [0.1, 0.15) is 73.1 Å². The van der Waals surface area contributed by atoms with Gasteiger partial charge < -0.3 is 0 Å². The van der Waals surface area contributed by atoms with Crippen LogP contribution in [-0.4, -0.2) is 8.80 Å². The molecular weight excluding hydrogens is 196 g/mol. The van der Waals surface area contributed by atoms with E-state index in [4.69, 9.17) is 0 Å². The molecule has 0 aromatic rings. The lowest BCUT2D eigenvalue weighted by Crippen LogP contribution is -2.27. The zero-order valence-electron chi connectivity index (χ0n) is 11.7. The lowest BCUT2D eigenvalue weighted by molar-refractivity contribution is 0.571. The van der Waals surface area contributed by atoms with Crippen molar-refractivity contribution in [3.63, 3.8) is 0 Å². The van der Waals surface area contributed by atoms with E-state index in [-0.39, 0.29) is 0 Å². The first-order valence-corrected chi connectivity index (χ1v) is 9.29. The minimum Gasteiger partial charge on any atom is -0.0654 e. The molecule has 0 bridgehead atoms. The minimum absolute atomic E-state index is 0.496. The lowest BCUT2D eigenvalue weighted by Gasteiger charge is -2.33. The van der Waals surface area contributed by atoms with Gasteiger partial charge >= 0.3 is 0 Å². The molecule has 0 atom stereocenters. The minimum atomic E-state index is -0.496. The molecule has 0 unspecified atom stereocenters. The van der Waals surface area contributed by atoms with Gasteiger partial charge in [0.15, 0.2) is 0 Å². The van der Waals surface area contributed by atoms with Crippen molar-refractivity contribution in [3.05, 3.63) is 0 Å². The van der Waals surface area contributed by atoms with E-state index in [1.54, 1.807) is 12.1 Å². The highest BCUT2D eigenvalue weighted by atomic mass is 28.3. The summed E-state index contributed by atoms with van der Waals surface area (Å²) in [5.74, 6) is 0. The standard InChI is InChI=1S/C14H32Si/c1-6-9-12-15(13-10-7-2)14(4,5)11-8-3/h15H,6-13H2,1-5H3. The van der Waals surface area contributed by atoms with Gasteiger partial charge in [-0.05, 0) is 5.04 Å². The van der Waals surface area contributed by atoms with E-state index in [1.807, 2.05) is 0 Å². The first-order chi connectivity index (χ1) is 7.08. The summed E-state index contributed by atoms with van der Waals surface area (Å²) in [5.41, 5.74) is 0. The molecule has 0 aliphatic carbocycles. The smallest absolute Gasteiger partial charge is 0.0426 e. The Kier molecular flexibility index (Phi) is 8.50. The van der Waals surface area contributed by atoms with Gasteiger partial charge in [-0.3, -0.25) is 0 Å². The van der Waals surface area contributed by atoms with Crippen molar-refractivity contribution < 1.29 is 0 Å². The Morgan fingerprint density at radius 2 is 1.27 bits per heavy atom. The highest BCUT2D eigenvalue weighted by Gasteiger charge is 2.28. The van der Waals surface area contributed by atoms with Crippen molar-refractivity contribution >= 4 is 8.80 Å². The molecule has 0 radical (unpaired) electrons. The van der Waals surface area contributed by atoms with Crippen LogP contribution in [0.4, 0.5) is 0 Å². The Morgan fingerprint density at radius 3 is 1.60 bits per heavy atom. The van der Waals surface area contributed by atoms with Crippen LogP contribution in [0.25, 0.3) is 0 Å². The van der Waals surface area contributed by atoms with Crippen molar-refractivity contribution in [2.45, 2.75) is 90.3 Å². The second-order valence-corrected chi connectivity index (χ2v) is 9.83. The molecular formula is C14H32Si. The third-order valence-electron chi connectivity index (χ3n) is 3.81. The maximum atomic E-state index is 2.54. The number of hydrogen-bond acceptors (Lipinski definition) is 0. The van der Waals surface area contributed by atoms with Crippen LogP contribution in [0, 0.1) is 0 Å². The highest BCUT2D eigenvalue weighted by Crippen LogP contribution is 2.39. The number of hydrogen-bond donors (Lipinski definition) is 0. The third-order valence-corrected chi connectivity index (χ3v) is 8.52. The van der Waals surface area contributed by atoms with Gasteiger partial charge in [0.05, 0.1) is 0 Å². The Hall–Kier alpha value is 0.217. The van der Waals surface area contributed by atoms with Crippen molar-refractivity contribution in [3.8, 4) is 0 Å². The summed E-state index contributed by atoms with van der Waals surface area (Å²) in [7, 11) is -0.496. The van der Waals surface area contributed by atoms with Crippen molar-refractivity contribution in [1.29, 1.82) is 0 Å². The zero-order valence-corrected chi connectivity index (χ0v) is 12.9. The monoisotopic (exact) mass is 228 g/mol. The Bertz CT molecular complexity index is 132. The van der Waals surface area contributed by atoms with Crippen LogP contribution in [0.3, 0.4) is 0 Å². The second-order valence-electron chi connectivity index (χ2n) is 5.72. The Morgan fingerprint density at radius 1 is 0.800 bits per heavy atom. The van der Waals surface area contributed by atoms with Gasteiger partial charge in [0.2, 0.25) is 0 Å². The molecule has 0 heterocycles. The zero-order chi connectivity index (χ0) is 11.7. The van der Waals surface area contributed by atoms with Gasteiger partial charge in [0, 0.05) is 8.80 Å². The number of unbranched alkanes of at least 4 members (excludes halogenated alkanes) is 2. The quantitative estimate of drug-likeness (QED) is 0.464. The fraction of sp³-hybridized carbons (Fsp3) is 1.00. The molecule has 92 valence electrons. The van der Waals surface area contributed by atoms with E-state index in [1.165, 1.54) is 38.5 Å². The summed E-state index contributed by atoms with van der Waals surface area (Å²) < 4.78 is 0. The third kappa shape index (κ3) is 6.39. The van der Waals surface area contributed by atoms with E-state index in [0.29, 0.717) is 5.04 Å². The molecule has 0 nitrogen and oxygen atoms in total. The second kappa shape index (κ2) is 8.38. The largest absolute Gasteiger partial charge is 0.0654 e. The molecule has 0 rings (SSSR count). The van der Waals surface area contributed by atoms with Crippen LogP contribution in [0.15, 0.2) is 0 Å². The molecule has 0 aliphatic rings. The van der Waals surface area contributed by atoms with Crippen LogP contribution in [0.5, 0.6) is 0 Å². The SMILES string of the molecule is CCCC[SiH](CCCC)C(C)(C)CCC. The first kappa shape index (κ1) is 15.2. The number of rotatable bonds is 9. The maximum Gasteiger partial charge on any atom is 0.0426 e. The molecule has 0 fully saturated rings. The molecule has 1 heteroatoms. The first-order valence-electron chi connectivity index (χ1n) is 7.08. The van der Waals surface area contributed by atoms with Crippen LogP contribution < -0.4 is 0 Å². The van der Waals surface area contributed by atoms with Gasteiger partial charge in [0.25, 0.3) is 0 Å². The summed E-state index contributed by atoms with van der Waals surface area (Å²) in [4.78, 5) is 0. The molecule has 15 heavy (non-hydrogen) atoms. The van der Waals surface area contributed by atoms with Crippen molar-refractivity contribution in [2.24, 2.45) is 0 Å². The normalized spacial score (nSPS) is 12.4. The summed E-state index contributed by atoms with van der Waals surface area (Å²) >= 11 is 0. The van der Waals surface area contributed by atoms with Gasteiger partial charge in [-0.15, -0.1) is 0 Å². The summed E-state index contributed by atoms with van der Waals surface area (Å²) in [6, 6.07) is 3.17. The molecule has 0 N–H and O–H groups in total. The van der Waals surface area contributed by atoms with Crippen LogP contribution >= 0.6 is 0 Å². The fourth-order valence-electron chi connectivity index (χ4n) is 2.68. The highest BCUT2D eigenvalue weighted by molar-refractivity contribution is 6.62. The topological polar surface area (TPSA) is 0 Å². The average Bonchev–Trinajstić information content (AvgIpc) is 2.17. The lowest BCUT2D eigenvalue weighted by atomic mass is 10.1. The molecule has 0 saturated carbocycles. The van der Waals surface area contributed by atoms with Gasteiger partial charge in [-0.2, -0.15) is 0 Å². The fourth-order valence-corrected chi connectivity index (χ4v) is 7.03. The van der Waals surface area contributed by atoms with Gasteiger partial charge in [-0.25, -0.2) is 0 Å². The van der Waals surface area contributed by atoms with Gasteiger partial charge in [-0.1, -0.05) is 85.2 Å². The van der Waals surface area contributed by atoms with E-state index in [2.05, 4.69) is 34.6 Å². The molecule has 0 aliphatic heterocycles. The molecule has 0 spiro atoms. The summed E-state index contributed by atoms with van der Waals surface area (Å²) in [6.45, 7) is 12.1. The van der Waals surface area contributed by atoms with E-state index >= 15 is 0 Å². The van der Waals surface area contributed by atoms with E-state index < -0.39 is 8.80 Å². The van der Waals surface area contributed by atoms with Gasteiger partial charge in [0.1, 0.15) is 0 Å².